The molecule has 0 bridgehead atoms. The molecule has 0 aliphatic rings. The fourth-order valence-electron chi connectivity index (χ4n) is 0.904. The number of carbonyl (C=O) groups is 2. The van der Waals surface area contributed by atoms with Gasteiger partial charge in [0.15, 0.2) is 0 Å². The third kappa shape index (κ3) is 2.17. The van der Waals surface area contributed by atoms with Gasteiger partial charge in [0.05, 0.1) is 0 Å². The topological polar surface area (TPSA) is 94.8 Å². The van der Waals surface area contributed by atoms with Crippen molar-refractivity contribution in [3.05, 3.63) is 24.3 Å². The molecule has 14 heavy (non-hydrogen) atoms. The number of thiol groups is 1. The molecular weight excluding hydrogens is 208 g/mol. The Morgan fingerprint density at radius 3 is 1.79 bits per heavy atom. The van der Waals surface area contributed by atoms with Crippen LogP contribution in [-0.4, -0.2) is 25.9 Å². The first-order valence-electron chi connectivity index (χ1n) is 3.57. The molecule has 1 rings (SSSR count). The second-order valence-corrected chi connectivity index (χ2v) is 4.37. The van der Waals surface area contributed by atoms with Gasteiger partial charge in [-0.05, 0) is 35.2 Å². The Labute approximate surface area is 82.0 Å². The molecule has 6 heteroatoms. The Bertz CT molecular complexity index is 344. The largest absolute Gasteiger partial charge is 0.508 e. The lowest BCUT2D eigenvalue weighted by atomic mass is 10.3. The Balaban J connectivity index is 3.06. The van der Waals surface area contributed by atoms with Crippen LogP contribution in [0.2, 0.25) is 0 Å². The van der Waals surface area contributed by atoms with Crippen molar-refractivity contribution in [3.8, 4) is 5.75 Å². The minimum atomic E-state index is -2.26. The predicted octanol–water partition coefficient (Wildman–Crippen LogP) is 2.11. The van der Waals surface area contributed by atoms with Crippen LogP contribution in [0.5, 0.6) is 5.75 Å². The third-order valence-corrected chi connectivity index (χ3v) is 3.07. The maximum atomic E-state index is 10.6. The fraction of sp³-hybridized carbons (Fsp3) is 0. The standard InChI is InChI=1S/C8H8O5S/c9-5-1-3-6(4-2-5)14(7(10)11)8(12)13/h1-4,9,14H,(H,10,11)(H,12,13). The van der Waals surface area contributed by atoms with Gasteiger partial charge in [-0.25, -0.2) is 9.59 Å². The number of aromatic hydroxyl groups is 1. The molecule has 5 nitrogen and oxygen atoms in total. The molecule has 1 aromatic carbocycles. The second-order valence-electron chi connectivity index (χ2n) is 2.42. The highest BCUT2D eigenvalue weighted by Crippen LogP contribution is 2.37. The van der Waals surface area contributed by atoms with Crippen molar-refractivity contribution in [2.24, 2.45) is 0 Å². The van der Waals surface area contributed by atoms with Gasteiger partial charge in [0.2, 0.25) is 0 Å². The maximum Gasteiger partial charge on any atom is 0.358 e. The number of benzene rings is 1. The Morgan fingerprint density at radius 2 is 1.43 bits per heavy atom. The summed E-state index contributed by atoms with van der Waals surface area (Å²) < 4.78 is 0. The van der Waals surface area contributed by atoms with E-state index in [1.54, 1.807) is 0 Å². The van der Waals surface area contributed by atoms with E-state index in [4.69, 9.17) is 15.3 Å². The van der Waals surface area contributed by atoms with Crippen LogP contribution < -0.4 is 0 Å². The van der Waals surface area contributed by atoms with E-state index in [0.29, 0.717) is 0 Å². The van der Waals surface area contributed by atoms with E-state index in [1.807, 2.05) is 0 Å². The van der Waals surface area contributed by atoms with Gasteiger partial charge in [-0.15, -0.1) is 0 Å². The van der Waals surface area contributed by atoms with E-state index in [2.05, 4.69) is 0 Å². The number of carboxylic acid groups (broad SMARTS) is 2. The lowest BCUT2D eigenvalue weighted by Crippen LogP contribution is -2.04. The zero-order valence-corrected chi connectivity index (χ0v) is 7.81. The van der Waals surface area contributed by atoms with E-state index in [1.165, 1.54) is 24.3 Å². The van der Waals surface area contributed by atoms with Crippen molar-refractivity contribution >= 4 is 21.5 Å². The summed E-state index contributed by atoms with van der Waals surface area (Å²) in [7, 11) is -2.26. The van der Waals surface area contributed by atoms with E-state index >= 15 is 0 Å². The van der Waals surface area contributed by atoms with Gasteiger partial charge in [-0.1, -0.05) is 0 Å². The second kappa shape index (κ2) is 4.01. The number of hydrogen-bond acceptors (Lipinski definition) is 3. The maximum absolute atomic E-state index is 10.6. The van der Waals surface area contributed by atoms with E-state index in [0.717, 1.165) is 0 Å². The normalized spacial score (nSPS) is 10.7. The van der Waals surface area contributed by atoms with Crippen LogP contribution in [0, 0.1) is 0 Å². The number of phenolic OH excluding ortho intramolecular Hbond substituents is 1. The highest BCUT2D eigenvalue weighted by atomic mass is 32.2. The molecule has 0 unspecified atom stereocenters. The average molecular weight is 216 g/mol. The van der Waals surface area contributed by atoms with Crippen molar-refractivity contribution in [1.29, 1.82) is 0 Å². The molecule has 0 saturated carbocycles. The average Bonchev–Trinajstić information content (AvgIpc) is 2.07. The minimum Gasteiger partial charge on any atom is -0.508 e. The Hall–Kier alpha value is -1.69. The number of phenols is 1. The molecule has 0 radical (unpaired) electrons. The molecule has 0 spiro atoms. The highest BCUT2D eigenvalue weighted by Gasteiger charge is 2.22. The molecule has 0 saturated heterocycles. The molecule has 3 N–H and O–H groups in total. The molecule has 0 aromatic heterocycles. The van der Waals surface area contributed by atoms with Crippen LogP contribution in [0.25, 0.3) is 0 Å². The van der Waals surface area contributed by atoms with Gasteiger partial charge in [-0.3, -0.25) is 0 Å². The summed E-state index contributed by atoms with van der Waals surface area (Å²) in [6.45, 7) is 0. The molecule has 0 heterocycles. The predicted molar refractivity (Wildman–Crippen MR) is 51.4 cm³/mol. The van der Waals surface area contributed by atoms with Gasteiger partial charge < -0.3 is 15.3 Å². The van der Waals surface area contributed by atoms with Crippen molar-refractivity contribution in [2.45, 2.75) is 4.90 Å². The Morgan fingerprint density at radius 1 is 1.00 bits per heavy atom. The van der Waals surface area contributed by atoms with Gasteiger partial charge >= 0.3 is 10.6 Å². The van der Waals surface area contributed by atoms with Crippen LogP contribution in [0.1, 0.15) is 0 Å². The summed E-state index contributed by atoms with van der Waals surface area (Å²) in [6.07, 6.45) is 0. The zero-order valence-electron chi connectivity index (χ0n) is 6.91. The quantitative estimate of drug-likeness (QED) is 0.539. The van der Waals surface area contributed by atoms with Crippen LogP contribution in [0.4, 0.5) is 9.59 Å². The molecular formula is C8H8O5S. The number of rotatable bonds is 1. The van der Waals surface area contributed by atoms with Crippen LogP contribution >= 0.6 is 10.9 Å². The van der Waals surface area contributed by atoms with Crippen LogP contribution in [0.15, 0.2) is 29.2 Å². The fourth-order valence-corrected chi connectivity index (χ4v) is 1.96. The molecule has 76 valence electrons. The van der Waals surface area contributed by atoms with Gasteiger partial charge in [0.25, 0.3) is 0 Å². The molecule has 0 aliphatic carbocycles. The minimum absolute atomic E-state index is 0.0283. The summed E-state index contributed by atoms with van der Waals surface area (Å²) in [6, 6.07) is 5.11. The van der Waals surface area contributed by atoms with Gasteiger partial charge in [-0.2, -0.15) is 0 Å². The first-order valence-corrected chi connectivity index (χ1v) is 4.91. The van der Waals surface area contributed by atoms with Crippen molar-refractivity contribution < 1.29 is 24.9 Å². The molecule has 0 atom stereocenters. The lowest BCUT2D eigenvalue weighted by Gasteiger charge is -2.10. The molecule has 0 amide bonds. The summed E-state index contributed by atoms with van der Waals surface area (Å²) in [5, 5.41) is 23.5. The summed E-state index contributed by atoms with van der Waals surface area (Å²) in [4.78, 5) is 21.4. The summed E-state index contributed by atoms with van der Waals surface area (Å²) in [5.41, 5.74) is 0. The summed E-state index contributed by atoms with van der Waals surface area (Å²) >= 11 is 0. The van der Waals surface area contributed by atoms with Crippen LogP contribution in [0.3, 0.4) is 0 Å². The lowest BCUT2D eigenvalue weighted by molar-refractivity contribution is 0.216. The third-order valence-electron chi connectivity index (χ3n) is 1.49. The van der Waals surface area contributed by atoms with E-state index < -0.39 is 21.5 Å². The first-order chi connectivity index (χ1) is 6.52. The molecule has 0 fully saturated rings. The van der Waals surface area contributed by atoms with Crippen molar-refractivity contribution in [2.75, 3.05) is 0 Å². The van der Waals surface area contributed by atoms with Crippen LogP contribution in [-0.2, 0) is 0 Å². The highest BCUT2D eigenvalue weighted by molar-refractivity contribution is 8.40. The molecule has 1 aromatic rings. The zero-order chi connectivity index (χ0) is 10.7. The molecule has 0 aliphatic heterocycles. The smallest absolute Gasteiger partial charge is 0.358 e. The first kappa shape index (κ1) is 10.4. The summed E-state index contributed by atoms with van der Waals surface area (Å²) in [5.74, 6) is -0.0283. The SMILES string of the molecule is O=C(O)[SH](C(=O)O)c1ccc(O)cc1. The van der Waals surface area contributed by atoms with Crippen molar-refractivity contribution in [3.63, 3.8) is 0 Å². The number of hydrogen-bond donors (Lipinski definition) is 4. The van der Waals surface area contributed by atoms with Crippen molar-refractivity contribution in [1.82, 2.24) is 0 Å². The van der Waals surface area contributed by atoms with Gasteiger partial charge in [0, 0.05) is 4.90 Å². The Kier molecular flexibility index (Phi) is 2.98. The van der Waals surface area contributed by atoms with E-state index in [9.17, 15) is 9.59 Å². The monoisotopic (exact) mass is 216 g/mol. The van der Waals surface area contributed by atoms with Gasteiger partial charge in [0.1, 0.15) is 5.75 Å². The van der Waals surface area contributed by atoms with E-state index in [-0.39, 0.29) is 10.6 Å².